The molecule has 0 unspecified atom stereocenters. The second-order valence-electron chi connectivity index (χ2n) is 4.97. The smallest absolute Gasteiger partial charge is 0.266 e. The molecule has 0 bridgehead atoms. The van der Waals surface area contributed by atoms with Gasteiger partial charge in [-0.1, -0.05) is 5.16 Å². The number of nitrogens with one attached hydrogen (secondary N) is 1. The molecule has 0 aromatic carbocycles. The molecule has 2 aromatic heterocycles. The minimum Gasteiger partial charge on any atom is -0.360 e. The van der Waals surface area contributed by atoms with Crippen molar-refractivity contribution in [2.24, 2.45) is 0 Å². The molecule has 7 nitrogen and oxygen atoms in total. The highest BCUT2D eigenvalue weighted by Crippen LogP contribution is 2.24. The molecule has 20 heavy (non-hydrogen) atoms. The van der Waals surface area contributed by atoms with Gasteiger partial charge in [0.1, 0.15) is 10.7 Å². The van der Waals surface area contributed by atoms with Crippen molar-refractivity contribution in [3.8, 4) is 0 Å². The third-order valence-corrected chi connectivity index (χ3v) is 4.49. The van der Waals surface area contributed by atoms with Crippen molar-refractivity contribution in [3.05, 3.63) is 23.2 Å². The molecule has 2 heterocycles. The van der Waals surface area contributed by atoms with Gasteiger partial charge in [0.05, 0.1) is 11.4 Å². The molecule has 0 saturated heterocycles. The fourth-order valence-electron chi connectivity index (χ4n) is 2.14. The predicted octanol–water partition coefficient (Wildman–Crippen LogP) is 2.18. The van der Waals surface area contributed by atoms with Crippen molar-refractivity contribution in [1.29, 1.82) is 0 Å². The Morgan fingerprint density at radius 2 is 1.95 bits per heavy atom. The summed E-state index contributed by atoms with van der Waals surface area (Å²) in [6, 6.07) is 1.61. The van der Waals surface area contributed by atoms with E-state index in [9.17, 15) is 8.42 Å². The lowest BCUT2D eigenvalue weighted by molar-refractivity contribution is 0.400. The molecule has 0 aliphatic carbocycles. The first-order valence-corrected chi connectivity index (χ1v) is 7.72. The Labute approximate surface area is 118 Å². The maximum atomic E-state index is 12.4. The summed E-state index contributed by atoms with van der Waals surface area (Å²) in [4.78, 5) is 0.187. The zero-order valence-corrected chi connectivity index (χ0v) is 12.9. The van der Waals surface area contributed by atoms with Crippen LogP contribution in [0.4, 0.5) is 5.82 Å². The number of aromatic nitrogens is 3. The zero-order chi connectivity index (χ0) is 15.1. The molecule has 2 rings (SSSR count). The number of hydrogen-bond acceptors (Lipinski definition) is 5. The number of hydrogen-bond donors (Lipinski definition) is 1. The first-order valence-electron chi connectivity index (χ1n) is 6.24. The van der Waals surface area contributed by atoms with Crippen LogP contribution in [0, 0.1) is 20.8 Å². The van der Waals surface area contributed by atoms with E-state index in [1.807, 2.05) is 13.8 Å². The van der Waals surface area contributed by atoms with Crippen molar-refractivity contribution in [2.45, 2.75) is 45.6 Å². The highest BCUT2D eigenvalue weighted by molar-refractivity contribution is 7.92. The van der Waals surface area contributed by atoms with Gasteiger partial charge in [0.25, 0.3) is 10.0 Å². The molecule has 8 heteroatoms. The van der Waals surface area contributed by atoms with Crippen molar-refractivity contribution in [3.63, 3.8) is 0 Å². The molecular weight excluding hydrogens is 280 g/mol. The summed E-state index contributed by atoms with van der Waals surface area (Å²) in [5.41, 5.74) is 1.06. The van der Waals surface area contributed by atoms with Gasteiger partial charge in [-0.25, -0.2) is 8.42 Å². The van der Waals surface area contributed by atoms with Gasteiger partial charge in [-0.2, -0.15) is 5.10 Å². The molecule has 0 aliphatic rings. The van der Waals surface area contributed by atoms with Crippen LogP contribution >= 0.6 is 0 Å². The zero-order valence-electron chi connectivity index (χ0n) is 12.1. The second kappa shape index (κ2) is 4.93. The van der Waals surface area contributed by atoms with Crippen LogP contribution in [-0.2, 0) is 10.0 Å². The third-order valence-electron chi connectivity index (χ3n) is 2.88. The molecule has 2 aromatic rings. The molecule has 0 aliphatic heterocycles. The van der Waals surface area contributed by atoms with E-state index in [1.54, 1.807) is 25.5 Å². The quantitative estimate of drug-likeness (QED) is 0.934. The number of anilines is 1. The summed E-state index contributed by atoms with van der Waals surface area (Å²) < 4.78 is 33.8. The van der Waals surface area contributed by atoms with E-state index in [1.165, 1.54) is 6.07 Å². The predicted molar refractivity (Wildman–Crippen MR) is 74.1 cm³/mol. The van der Waals surface area contributed by atoms with Crippen LogP contribution in [0.15, 0.2) is 15.5 Å². The normalized spacial score (nSPS) is 12.1. The first-order chi connectivity index (χ1) is 9.22. The van der Waals surface area contributed by atoms with Gasteiger partial charge in [-0.3, -0.25) is 9.40 Å². The maximum Gasteiger partial charge on any atom is 0.266 e. The monoisotopic (exact) mass is 298 g/mol. The number of rotatable bonds is 4. The third kappa shape index (κ3) is 2.55. The number of aryl methyl sites for hydroxylation is 2. The van der Waals surface area contributed by atoms with E-state index in [0.29, 0.717) is 17.1 Å². The molecule has 0 fully saturated rings. The Morgan fingerprint density at radius 1 is 1.30 bits per heavy atom. The van der Waals surface area contributed by atoms with E-state index in [0.717, 1.165) is 0 Å². The van der Waals surface area contributed by atoms with Crippen LogP contribution in [0.1, 0.15) is 37.0 Å². The molecule has 0 atom stereocenters. The van der Waals surface area contributed by atoms with Crippen molar-refractivity contribution in [2.75, 3.05) is 4.72 Å². The van der Waals surface area contributed by atoms with Gasteiger partial charge in [0.2, 0.25) is 0 Å². The average Bonchev–Trinajstić information content (AvgIpc) is 2.82. The Kier molecular flexibility index (Phi) is 3.59. The molecule has 110 valence electrons. The minimum atomic E-state index is -3.73. The van der Waals surface area contributed by atoms with Gasteiger partial charge in [-0.15, -0.1) is 0 Å². The number of nitrogens with zero attached hydrogens (tertiary/aromatic N) is 3. The Bertz CT molecular complexity index is 728. The molecular formula is C12H18N4O3S. The van der Waals surface area contributed by atoms with Crippen molar-refractivity contribution in [1.82, 2.24) is 14.9 Å². The Morgan fingerprint density at radius 3 is 2.40 bits per heavy atom. The summed E-state index contributed by atoms with van der Waals surface area (Å²) in [6.45, 7) is 9.00. The average molecular weight is 298 g/mol. The summed E-state index contributed by atoms with van der Waals surface area (Å²) >= 11 is 0. The highest BCUT2D eigenvalue weighted by atomic mass is 32.2. The second-order valence-corrected chi connectivity index (χ2v) is 6.59. The van der Waals surface area contributed by atoms with Gasteiger partial charge in [0.15, 0.2) is 5.82 Å². The molecule has 0 amide bonds. The van der Waals surface area contributed by atoms with Crippen LogP contribution in [-0.4, -0.2) is 23.4 Å². The summed E-state index contributed by atoms with van der Waals surface area (Å²) in [5, 5.41) is 7.91. The Hall–Kier alpha value is -1.83. The first kappa shape index (κ1) is 14.6. The molecule has 0 spiro atoms. The number of sulfonamides is 1. The van der Waals surface area contributed by atoms with E-state index < -0.39 is 10.0 Å². The lowest BCUT2D eigenvalue weighted by Crippen LogP contribution is -2.15. The molecule has 0 saturated carbocycles. The van der Waals surface area contributed by atoms with Crippen LogP contribution < -0.4 is 4.72 Å². The van der Waals surface area contributed by atoms with Gasteiger partial charge in [0, 0.05) is 12.1 Å². The maximum absolute atomic E-state index is 12.4. The lowest BCUT2D eigenvalue weighted by Gasteiger charge is -2.09. The largest absolute Gasteiger partial charge is 0.360 e. The van der Waals surface area contributed by atoms with E-state index >= 15 is 0 Å². The molecule has 1 N–H and O–H groups in total. The van der Waals surface area contributed by atoms with Crippen LogP contribution in [0.2, 0.25) is 0 Å². The van der Waals surface area contributed by atoms with E-state index in [-0.39, 0.29) is 16.8 Å². The van der Waals surface area contributed by atoms with Gasteiger partial charge >= 0.3 is 0 Å². The van der Waals surface area contributed by atoms with Crippen LogP contribution in [0.3, 0.4) is 0 Å². The van der Waals surface area contributed by atoms with E-state index in [4.69, 9.17) is 4.52 Å². The van der Waals surface area contributed by atoms with Gasteiger partial charge in [-0.05, 0) is 34.6 Å². The summed E-state index contributed by atoms with van der Waals surface area (Å²) in [6.07, 6.45) is 0. The Balaban J connectivity index is 2.44. The fourth-order valence-corrected chi connectivity index (χ4v) is 3.53. The van der Waals surface area contributed by atoms with Crippen LogP contribution in [0.5, 0.6) is 0 Å². The van der Waals surface area contributed by atoms with Crippen molar-refractivity contribution >= 4 is 15.8 Å². The lowest BCUT2D eigenvalue weighted by atomic mass is 10.3. The minimum absolute atomic E-state index is 0.0898. The van der Waals surface area contributed by atoms with Gasteiger partial charge < -0.3 is 4.52 Å². The summed E-state index contributed by atoms with van der Waals surface area (Å²) in [5.74, 6) is 0.701. The highest BCUT2D eigenvalue weighted by Gasteiger charge is 2.26. The molecule has 0 radical (unpaired) electrons. The SMILES string of the molecule is Cc1cc(NS(=O)(=O)c2c(C)nn(C(C)C)c2C)no1. The summed E-state index contributed by atoms with van der Waals surface area (Å²) in [7, 11) is -3.73. The fraction of sp³-hybridized carbons (Fsp3) is 0.500. The van der Waals surface area contributed by atoms with Crippen molar-refractivity contribution < 1.29 is 12.9 Å². The van der Waals surface area contributed by atoms with E-state index in [2.05, 4.69) is 15.0 Å². The van der Waals surface area contributed by atoms with Crippen LogP contribution in [0.25, 0.3) is 0 Å². The topological polar surface area (TPSA) is 90.0 Å². The standard InChI is InChI=1S/C12H18N4O3S/c1-7(2)16-10(5)12(9(4)13-16)20(17,18)15-11-6-8(3)19-14-11/h6-7H,1-5H3,(H,14,15).